The molecule has 0 aliphatic carbocycles. The van der Waals surface area contributed by atoms with Crippen LogP contribution in [-0.2, 0) is 0 Å². The number of ketones is 1. The normalized spacial score (nSPS) is 11.0. The highest BCUT2D eigenvalue weighted by molar-refractivity contribution is 6.07. The van der Waals surface area contributed by atoms with Gasteiger partial charge in [-0.15, -0.1) is 0 Å². The Balaban J connectivity index is 1.98. The van der Waals surface area contributed by atoms with Crippen molar-refractivity contribution in [2.45, 2.75) is 0 Å². The maximum atomic E-state index is 12.7. The van der Waals surface area contributed by atoms with E-state index in [2.05, 4.69) is 10.2 Å². The molecule has 0 aliphatic rings. The standard InChI is InChI=1S/C23H18N2O3/c1-28-22-15-13-19(25-24-18-10-6-3-7-11-18)16-20(23(22)27)21(26)14-12-17-8-4-2-5-9-17/h2-16H,1H3/b14-12+,25-24?. The molecule has 5 heteroatoms. The lowest BCUT2D eigenvalue weighted by Gasteiger charge is -1.96. The van der Waals surface area contributed by atoms with E-state index in [1.807, 2.05) is 48.5 Å². The lowest BCUT2D eigenvalue weighted by molar-refractivity contribution is 0.104. The summed E-state index contributed by atoms with van der Waals surface area (Å²) < 4.78 is 5.12. The maximum absolute atomic E-state index is 12.7. The van der Waals surface area contributed by atoms with Crippen molar-refractivity contribution in [3.05, 3.63) is 106 Å². The van der Waals surface area contributed by atoms with Gasteiger partial charge >= 0.3 is 0 Å². The van der Waals surface area contributed by atoms with Crippen LogP contribution in [0.4, 0.5) is 11.4 Å². The molecule has 0 aromatic heterocycles. The number of rotatable bonds is 6. The topological polar surface area (TPSA) is 68.1 Å². The van der Waals surface area contributed by atoms with Gasteiger partial charge < -0.3 is 4.74 Å². The Bertz CT molecular complexity index is 1080. The van der Waals surface area contributed by atoms with Gasteiger partial charge in [0.1, 0.15) is 0 Å². The highest BCUT2D eigenvalue weighted by atomic mass is 16.5. The summed E-state index contributed by atoms with van der Waals surface area (Å²) in [5, 5.41) is 8.28. The first-order valence-corrected chi connectivity index (χ1v) is 8.64. The van der Waals surface area contributed by atoms with E-state index < -0.39 is 11.2 Å². The van der Waals surface area contributed by atoms with Crippen molar-refractivity contribution >= 4 is 23.2 Å². The Morgan fingerprint density at radius 3 is 2.18 bits per heavy atom. The van der Waals surface area contributed by atoms with Crippen molar-refractivity contribution in [3.8, 4) is 5.75 Å². The van der Waals surface area contributed by atoms with Crippen LogP contribution in [0, 0.1) is 0 Å². The second-order valence-corrected chi connectivity index (χ2v) is 5.86. The fourth-order valence-electron chi connectivity index (χ4n) is 2.47. The van der Waals surface area contributed by atoms with Gasteiger partial charge in [0.25, 0.3) is 0 Å². The Hall–Kier alpha value is -3.86. The number of benzene rings is 2. The first-order chi connectivity index (χ1) is 13.7. The zero-order chi connectivity index (χ0) is 19.8. The summed E-state index contributed by atoms with van der Waals surface area (Å²) >= 11 is 0. The third kappa shape index (κ3) is 4.86. The molecule has 0 N–H and O–H groups in total. The van der Waals surface area contributed by atoms with Crippen LogP contribution in [0.25, 0.3) is 6.08 Å². The second kappa shape index (κ2) is 9.19. The van der Waals surface area contributed by atoms with Gasteiger partial charge in [-0.3, -0.25) is 9.59 Å². The average molecular weight is 370 g/mol. The third-order valence-corrected chi connectivity index (χ3v) is 3.92. The molecule has 5 nitrogen and oxygen atoms in total. The van der Waals surface area contributed by atoms with Crippen LogP contribution in [0.2, 0.25) is 0 Å². The van der Waals surface area contributed by atoms with Gasteiger partial charge in [0.05, 0.1) is 24.0 Å². The second-order valence-electron chi connectivity index (χ2n) is 5.86. The van der Waals surface area contributed by atoms with Gasteiger partial charge in [-0.1, -0.05) is 54.6 Å². The molecule has 28 heavy (non-hydrogen) atoms. The predicted octanol–water partition coefficient (Wildman–Crippen LogP) is 5.37. The third-order valence-electron chi connectivity index (χ3n) is 3.92. The van der Waals surface area contributed by atoms with E-state index in [1.54, 1.807) is 24.3 Å². The summed E-state index contributed by atoms with van der Waals surface area (Å²) in [4.78, 5) is 25.3. The molecule has 0 atom stereocenters. The van der Waals surface area contributed by atoms with Crippen LogP contribution in [0.15, 0.2) is 100.0 Å². The lowest BCUT2D eigenvalue weighted by Crippen LogP contribution is -2.12. The number of allylic oxidation sites excluding steroid dienone is 1. The Kier molecular flexibility index (Phi) is 6.21. The maximum Gasteiger partial charge on any atom is 0.231 e. The molecule has 3 aromatic carbocycles. The number of methoxy groups -OCH3 is 1. The molecule has 3 aromatic rings. The zero-order valence-electron chi connectivity index (χ0n) is 15.3. The van der Waals surface area contributed by atoms with Crippen LogP contribution in [0.3, 0.4) is 0 Å². The minimum Gasteiger partial charge on any atom is -0.493 e. The van der Waals surface area contributed by atoms with Crippen LogP contribution < -0.4 is 10.2 Å². The Labute approximate surface area is 162 Å². The van der Waals surface area contributed by atoms with Gasteiger partial charge in [-0.2, -0.15) is 10.2 Å². The lowest BCUT2D eigenvalue weighted by atomic mass is 10.1. The fourth-order valence-corrected chi connectivity index (χ4v) is 2.47. The van der Waals surface area contributed by atoms with E-state index in [0.717, 1.165) is 5.56 Å². The number of azo groups is 1. The minimum absolute atomic E-state index is 0.0314. The number of hydrogen-bond donors (Lipinski definition) is 0. The fraction of sp³-hybridized carbons (Fsp3) is 0.0435. The smallest absolute Gasteiger partial charge is 0.231 e. The van der Waals surface area contributed by atoms with E-state index in [4.69, 9.17) is 4.74 Å². The molecule has 0 aliphatic heterocycles. The number of hydrogen-bond acceptors (Lipinski definition) is 5. The molecule has 0 saturated carbocycles. The highest BCUT2D eigenvalue weighted by Gasteiger charge is 2.11. The van der Waals surface area contributed by atoms with Gasteiger partial charge in [0.15, 0.2) is 11.5 Å². The quantitative estimate of drug-likeness (QED) is 0.333. The molecule has 0 heterocycles. The molecule has 0 fully saturated rings. The number of nitrogens with zero attached hydrogens (tertiary/aromatic N) is 2. The van der Waals surface area contributed by atoms with E-state index in [9.17, 15) is 9.59 Å². The summed E-state index contributed by atoms with van der Waals surface area (Å²) in [5.41, 5.74) is 1.38. The first-order valence-electron chi connectivity index (χ1n) is 8.64. The molecule has 3 rings (SSSR count). The number of ether oxygens (including phenoxy) is 1. The zero-order valence-corrected chi connectivity index (χ0v) is 15.3. The highest BCUT2D eigenvalue weighted by Crippen LogP contribution is 2.19. The average Bonchev–Trinajstić information content (AvgIpc) is 2.90. The molecule has 138 valence electrons. The number of carbonyl (C=O) groups is 1. The van der Waals surface area contributed by atoms with Crippen LogP contribution in [0.1, 0.15) is 15.9 Å². The molecule has 0 spiro atoms. The summed E-state index contributed by atoms with van der Waals surface area (Å²) in [6, 6.07) is 23.1. The minimum atomic E-state index is -0.494. The Morgan fingerprint density at radius 2 is 1.50 bits per heavy atom. The van der Waals surface area contributed by atoms with Gasteiger partial charge in [-0.25, -0.2) is 0 Å². The van der Waals surface area contributed by atoms with Gasteiger partial charge in [-0.05, 0) is 42.0 Å². The van der Waals surface area contributed by atoms with Crippen molar-refractivity contribution in [2.24, 2.45) is 10.2 Å². The largest absolute Gasteiger partial charge is 0.493 e. The SMILES string of the molecule is COc1ccc(N=Nc2ccccc2)cc(C(=O)/C=C/c2ccccc2)c1=O. The Morgan fingerprint density at radius 1 is 0.857 bits per heavy atom. The van der Waals surface area contributed by atoms with E-state index in [1.165, 1.54) is 25.3 Å². The van der Waals surface area contributed by atoms with E-state index >= 15 is 0 Å². The van der Waals surface area contributed by atoms with E-state index in [-0.39, 0.29) is 11.3 Å². The van der Waals surface area contributed by atoms with Gasteiger partial charge in [0.2, 0.25) is 5.43 Å². The molecule has 0 bridgehead atoms. The molecule has 0 radical (unpaired) electrons. The summed E-state index contributed by atoms with van der Waals surface area (Å²) in [7, 11) is 1.38. The molecule has 0 saturated heterocycles. The summed E-state index contributed by atoms with van der Waals surface area (Å²) in [5.74, 6) is -0.364. The molecule has 0 amide bonds. The van der Waals surface area contributed by atoms with Gasteiger partial charge in [0, 0.05) is 0 Å². The molecule has 0 unspecified atom stereocenters. The first kappa shape index (κ1) is 18.9. The van der Waals surface area contributed by atoms with E-state index in [0.29, 0.717) is 11.4 Å². The van der Waals surface area contributed by atoms with Crippen molar-refractivity contribution in [1.29, 1.82) is 0 Å². The van der Waals surface area contributed by atoms with Crippen molar-refractivity contribution < 1.29 is 9.53 Å². The monoisotopic (exact) mass is 370 g/mol. The summed E-state index contributed by atoms with van der Waals surface area (Å²) in [6.45, 7) is 0. The summed E-state index contributed by atoms with van der Waals surface area (Å²) in [6.07, 6.45) is 3.02. The molecular formula is C23H18N2O3. The predicted molar refractivity (Wildman–Crippen MR) is 110 cm³/mol. The van der Waals surface area contributed by atoms with Crippen molar-refractivity contribution in [3.63, 3.8) is 0 Å². The van der Waals surface area contributed by atoms with Crippen molar-refractivity contribution in [1.82, 2.24) is 0 Å². The molecular weight excluding hydrogens is 352 g/mol. The van der Waals surface area contributed by atoms with Crippen LogP contribution >= 0.6 is 0 Å². The van der Waals surface area contributed by atoms with Crippen LogP contribution in [0.5, 0.6) is 5.75 Å². The van der Waals surface area contributed by atoms with Crippen molar-refractivity contribution in [2.75, 3.05) is 7.11 Å². The van der Waals surface area contributed by atoms with Crippen LogP contribution in [-0.4, -0.2) is 12.9 Å². The number of carbonyl (C=O) groups excluding carboxylic acids is 1.